The van der Waals surface area contributed by atoms with Gasteiger partial charge in [0.05, 0.1) is 0 Å². The highest BCUT2D eigenvalue weighted by Crippen LogP contribution is 2.18. The molecule has 1 heterocycles. The third-order valence-electron chi connectivity index (χ3n) is 1.75. The first-order chi connectivity index (χ1) is 5.57. The van der Waals surface area contributed by atoms with Gasteiger partial charge in [-0.3, -0.25) is 0 Å². The summed E-state index contributed by atoms with van der Waals surface area (Å²) in [5.41, 5.74) is 0. The van der Waals surface area contributed by atoms with Gasteiger partial charge >= 0.3 is 0 Å². The quantitative estimate of drug-likeness (QED) is 0.303. The SMILES string of the molecule is C#C[C@@H]1OC(O)[C@H](O)[C@H](O)[C@H]1O. The number of terminal acetylenes is 1. The first-order valence-electron chi connectivity index (χ1n) is 3.41. The van der Waals surface area contributed by atoms with Crippen LogP contribution in [0.25, 0.3) is 0 Å². The molecule has 0 saturated carbocycles. The molecule has 0 amide bonds. The molecule has 12 heavy (non-hydrogen) atoms. The Hall–Kier alpha value is -0.640. The Labute approximate surface area is 69.2 Å². The van der Waals surface area contributed by atoms with E-state index in [1.807, 2.05) is 5.92 Å². The number of ether oxygens (including phenoxy) is 1. The van der Waals surface area contributed by atoms with E-state index in [9.17, 15) is 0 Å². The maximum Gasteiger partial charge on any atom is 0.185 e. The Bertz CT molecular complexity index is 198. The summed E-state index contributed by atoms with van der Waals surface area (Å²) in [6, 6.07) is 0. The van der Waals surface area contributed by atoms with E-state index in [2.05, 4.69) is 4.74 Å². The van der Waals surface area contributed by atoms with Crippen LogP contribution in [0.5, 0.6) is 0 Å². The summed E-state index contributed by atoms with van der Waals surface area (Å²) >= 11 is 0. The molecule has 5 heteroatoms. The summed E-state index contributed by atoms with van der Waals surface area (Å²) < 4.78 is 4.59. The van der Waals surface area contributed by atoms with Crippen LogP contribution in [-0.2, 0) is 4.74 Å². The Morgan fingerprint density at radius 1 is 1.00 bits per heavy atom. The Morgan fingerprint density at radius 2 is 1.58 bits per heavy atom. The van der Waals surface area contributed by atoms with E-state index in [0.717, 1.165) is 0 Å². The fourth-order valence-corrected chi connectivity index (χ4v) is 0.999. The molecule has 0 radical (unpaired) electrons. The second-order valence-corrected chi connectivity index (χ2v) is 2.59. The molecule has 0 aromatic rings. The fourth-order valence-electron chi connectivity index (χ4n) is 0.999. The molecular formula is C7H10O5. The first kappa shape index (κ1) is 9.45. The van der Waals surface area contributed by atoms with Crippen LogP contribution in [0.15, 0.2) is 0 Å². The van der Waals surface area contributed by atoms with Crippen LogP contribution >= 0.6 is 0 Å². The van der Waals surface area contributed by atoms with Crippen LogP contribution in [0.3, 0.4) is 0 Å². The van der Waals surface area contributed by atoms with Crippen LogP contribution in [0.2, 0.25) is 0 Å². The lowest BCUT2D eigenvalue weighted by atomic mass is 10.00. The fraction of sp³-hybridized carbons (Fsp3) is 0.714. The van der Waals surface area contributed by atoms with Crippen LogP contribution in [0.4, 0.5) is 0 Å². The Kier molecular flexibility index (Phi) is 2.67. The molecule has 5 atom stereocenters. The lowest BCUT2D eigenvalue weighted by Crippen LogP contribution is -2.56. The van der Waals surface area contributed by atoms with Gasteiger partial charge in [0.25, 0.3) is 0 Å². The van der Waals surface area contributed by atoms with Gasteiger partial charge in [0.2, 0.25) is 0 Å². The minimum absolute atomic E-state index is 1.08. The lowest BCUT2D eigenvalue weighted by Gasteiger charge is -2.35. The molecule has 0 bridgehead atoms. The second kappa shape index (κ2) is 3.39. The Balaban J connectivity index is 2.72. The zero-order valence-electron chi connectivity index (χ0n) is 6.16. The molecular weight excluding hydrogens is 164 g/mol. The van der Waals surface area contributed by atoms with Gasteiger partial charge in [0, 0.05) is 0 Å². The maximum absolute atomic E-state index is 9.14. The third kappa shape index (κ3) is 1.43. The summed E-state index contributed by atoms with van der Waals surface area (Å²) in [6.07, 6.45) is -2.08. The average Bonchev–Trinajstić information content (AvgIpc) is 2.08. The highest BCUT2D eigenvalue weighted by Gasteiger charge is 2.42. The third-order valence-corrected chi connectivity index (χ3v) is 1.75. The molecule has 1 fully saturated rings. The zero-order valence-corrected chi connectivity index (χ0v) is 6.16. The minimum atomic E-state index is -1.55. The molecule has 1 saturated heterocycles. The van der Waals surface area contributed by atoms with E-state index < -0.39 is 30.7 Å². The normalized spacial score (nSPS) is 48.4. The van der Waals surface area contributed by atoms with Crippen molar-refractivity contribution in [2.75, 3.05) is 0 Å². The largest absolute Gasteiger partial charge is 0.387 e. The minimum Gasteiger partial charge on any atom is -0.387 e. The number of hydrogen-bond acceptors (Lipinski definition) is 5. The van der Waals surface area contributed by atoms with Gasteiger partial charge in [-0.15, -0.1) is 6.42 Å². The van der Waals surface area contributed by atoms with E-state index in [1.165, 1.54) is 0 Å². The van der Waals surface area contributed by atoms with Crippen molar-refractivity contribution in [3.05, 3.63) is 0 Å². The number of rotatable bonds is 0. The number of aliphatic hydroxyl groups excluding tert-OH is 4. The van der Waals surface area contributed by atoms with Gasteiger partial charge in [-0.1, -0.05) is 5.92 Å². The van der Waals surface area contributed by atoms with Crippen molar-refractivity contribution in [1.82, 2.24) is 0 Å². The van der Waals surface area contributed by atoms with Gasteiger partial charge in [-0.05, 0) is 0 Å². The van der Waals surface area contributed by atoms with Crippen LogP contribution in [0, 0.1) is 12.3 Å². The van der Waals surface area contributed by atoms with Crippen molar-refractivity contribution in [3.8, 4) is 12.3 Å². The van der Waals surface area contributed by atoms with Crippen molar-refractivity contribution in [2.45, 2.75) is 30.7 Å². The van der Waals surface area contributed by atoms with Crippen molar-refractivity contribution in [1.29, 1.82) is 0 Å². The molecule has 1 unspecified atom stereocenters. The summed E-state index contributed by atoms with van der Waals surface area (Å²) in [4.78, 5) is 0. The highest BCUT2D eigenvalue weighted by atomic mass is 16.6. The predicted octanol–water partition coefficient (Wildman–Crippen LogP) is -2.58. The molecule has 0 aromatic heterocycles. The molecule has 4 N–H and O–H groups in total. The molecule has 1 rings (SSSR count). The number of hydrogen-bond donors (Lipinski definition) is 4. The van der Waals surface area contributed by atoms with Crippen LogP contribution in [0.1, 0.15) is 0 Å². The van der Waals surface area contributed by atoms with E-state index in [0.29, 0.717) is 0 Å². The van der Waals surface area contributed by atoms with Crippen molar-refractivity contribution >= 4 is 0 Å². The van der Waals surface area contributed by atoms with Gasteiger partial charge in [-0.25, -0.2) is 0 Å². The average molecular weight is 174 g/mol. The summed E-state index contributed by atoms with van der Waals surface area (Å²) in [6.45, 7) is 0. The molecule has 68 valence electrons. The molecule has 0 aromatic carbocycles. The zero-order chi connectivity index (χ0) is 9.30. The topological polar surface area (TPSA) is 90.2 Å². The second-order valence-electron chi connectivity index (χ2n) is 2.59. The molecule has 0 aliphatic carbocycles. The summed E-state index contributed by atoms with van der Waals surface area (Å²) in [7, 11) is 0. The van der Waals surface area contributed by atoms with Crippen molar-refractivity contribution in [3.63, 3.8) is 0 Å². The van der Waals surface area contributed by atoms with Crippen molar-refractivity contribution in [2.24, 2.45) is 0 Å². The Morgan fingerprint density at radius 3 is 2.08 bits per heavy atom. The molecule has 1 aliphatic heterocycles. The smallest absolute Gasteiger partial charge is 0.185 e. The van der Waals surface area contributed by atoms with E-state index in [-0.39, 0.29) is 0 Å². The van der Waals surface area contributed by atoms with Gasteiger partial charge in [0.1, 0.15) is 24.4 Å². The summed E-state index contributed by atoms with van der Waals surface area (Å²) in [5.74, 6) is 2.03. The standard InChI is InChI=1S/C7H10O5/c1-2-3-4(8)5(9)6(10)7(11)12-3/h1,3-11H/t3-,4-,5+,6+,7?/m0/s1. The summed E-state index contributed by atoms with van der Waals surface area (Å²) in [5, 5.41) is 36.1. The first-order valence-corrected chi connectivity index (χ1v) is 3.41. The molecule has 1 aliphatic rings. The predicted molar refractivity (Wildman–Crippen MR) is 37.7 cm³/mol. The van der Waals surface area contributed by atoms with Gasteiger partial charge < -0.3 is 25.2 Å². The van der Waals surface area contributed by atoms with Gasteiger partial charge in [0.15, 0.2) is 6.29 Å². The highest BCUT2D eigenvalue weighted by molar-refractivity contribution is 5.04. The lowest BCUT2D eigenvalue weighted by molar-refractivity contribution is -0.269. The van der Waals surface area contributed by atoms with Crippen molar-refractivity contribution < 1.29 is 25.2 Å². The van der Waals surface area contributed by atoms with Crippen LogP contribution < -0.4 is 0 Å². The van der Waals surface area contributed by atoms with E-state index in [1.54, 1.807) is 0 Å². The van der Waals surface area contributed by atoms with Crippen LogP contribution in [-0.4, -0.2) is 51.1 Å². The maximum atomic E-state index is 9.14. The molecule has 0 spiro atoms. The van der Waals surface area contributed by atoms with E-state index in [4.69, 9.17) is 26.8 Å². The molecule has 5 nitrogen and oxygen atoms in total. The van der Waals surface area contributed by atoms with E-state index >= 15 is 0 Å². The monoisotopic (exact) mass is 174 g/mol. The number of aliphatic hydroxyl groups is 4. The van der Waals surface area contributed by atoms with Gasteiger partial charge in [-0.2, -0.15) is 0 Å².